The first-order valence-electron chi connectivity index (χ1n) is 13.8. The first kappa shape index (κ1) is 30.6. The van der Waals surface area contributed by atoms with Crippen molar-refractivity contribution < 1.29 is 23.9 Å². The molecule has 40 heavy (non-hydrogen) atoms. The average Bonchev–Trinajstić information content (AvgIpc) is 2.94. The van der Waals surface area contributed by atoms with Gasteiger partial charge in [-0.1, -0.05) is 56.3 Å². The predicted molar refractivity (Wildman–Crippen MR) is 153 cm³/mol. The Bertz CT molecular complexity index is 1150. The first-order valence-corrected chi connectivity index (χ1v) is 13.8. The van der Waals surface area contributed by atoms with Crippen LogP contribution >= 0.6 is 0 Å². The number of benzene rings is 2. The molecule has 1 heterocycles. The van der Waals surface area contributed by atoms with Crippen LogP contribution in [-0.4, -0.2) is 74.4 Å². The number of ether oxygens (including phenoxy) is 1. The molecule has 0 spiro atoms. The van der Waals surface area contributed by atoms with Crippen molar-refractivity contribution in [2.24, 2.45) is 5.92 Å². The molecule has 1 aliphatic rings. The van der Waals surface area contributed by atoms with E-state index in [-0.39, 0.29) is 42.7 Å². The van der Waals surface area contributed by atoms with Gasteiger partial charge in [0.1, 0.15) is 24.4 Å². The molecule has 3 rings (SSSR count). The molecule has 0 aliphatic carbocycles. The summed E-state index contributed by atoms with van der Waals surface area (Å²) in [6, 6.07) is 13.5. The van der Waals surface area contributed by atoms with Crippen molar-refractivity contribution in [3.8, 4) is 5.75 Å². The van der Waals surface area contributed by atoms with Crippen LogP contribution in [0.25, 0.3) is 0 Å². The lowest BCUT2D eigenvalue weighted by atomic mass is 10.0. The van der Waals surface area contributed by atoms with Crippen molar-refractivity contribution in [3.63, 3.8) is 0 Å². The second-order valence-electron chi connectivity index (χ2n) is 10.6. The Morgan fingerprint density at radius 1 is 1.00 bits per heavy atom. The minimum absolute atomic E-state index is 0.00770. The highest BCUT2D eigenvalue weighted by Crippen LogP contribution is 2.21. The summed E-state index contributed by atoms with van der Waals surface area (Å²) < 4.78 is 6.05. The summed E-state index contributed by atoms with van der Waals surface area (Å²) >= 11 is 0. The first-order chi connectivity index (χ1) is 19.2. The van der Waals surface area contributed by atoms with E-state index in [1.165, 1.54) is 0 Å². The number of hydrogen-bond acceptors (Lipinski definition) is 6. The lowest BCUT2D eigenvalue weighted by molar-refractivity contribution is -0.130. The van der Waals surface area contributed by atoms with E-state index in [0.29, 0.717) is 17.9 Å². The summed E-state index contributed by atoms with van der Waals surface area (Å²) in [7, 11) is 3.90. The molecule has 0 saturated heterocycles. The highest BCUT2D eigenvalue weighted by atomic mass is 16.5. The summed E-state index contributed by atoms with van der Waals surface area (Å²) in [6.45, 7) is 5.25. The lowest BCUT2D eigenvalue weighted by Crippen LogP contribution is -2.49. The van der Waals surface area contributed by atoms with Crippen molar-refractivity contribution in [1.29, 1.82) is 0 Å². The van der Waals surface area contributed by atoms with Crippen LogP contribution in [0.4, 0.5) is 0 Å². The van der Waals surface area contributed by atoms with E-state index in [2.05, 4.69) is 21.3 Å². The van der Waals surface area contributed by atoms with E-state index in [1.54, 1.807) is 48.5 Å². The van der Waals surface area contributed by atoms with Crippen LogP contribution in [0.1, 0.15) is 55.1 Å². The lowest BCUT2D eigenvalue weighted by Gasteiger charge is -2.26. The quantitative estimate of drug-likeness (QED) is 0.390. The predicted octanol–water partition coefficient (Wildman–Crippen LogP) is 2.02. The van der Waals surface area contributed by atoms with Gasteiger partial charge in [-0.25, -0.2) is 0 Å². The van der Waals surface area contributed by atoms with Gasteiger partial charge >= 0.3 is 0 Å². The second kappa shape index (κ2) is 15.0. The number of hydrogen-bond donors (Lipinski definition) is 4. The van der Waals surface area contributed by atoms with Gasteiger partial charge in [0, 0.05) is 13.0 Å². The smallest absolute Gasteiger partial charge is 0.255 e. The summed E-state index contributed by atoms with van der Waals surface area (Å²) in [6.07, 6.45) is 0.720. The molecule has 4 N–H and O–H groups in total. The van der Waals surface area contributed by atoms with Crippen LogP contribution in [0.15, 0.2) is 54.6 Å². The van der Waals surface area contributed by atoms with Crippen LogP contribution in [0.5, 0.6) is 5.75 Å². The van der Waals surface area contributed by atoms with E-state index in [9.17, 15) is 19.2 Å². The zero-order chi connectivity index (χ0) is 29.1. The molecule has 10 heteroatoms. The van der Waals surface area contributed by atoms with Gasteiger partial charge in [-0.2, -0.15) is 0 Å². The van der Waals surface area contributed by atoms with Crippen molar-refractivity contribution in [1.82, 2.24) is 26.2 Å². The number of amides is 4. The van der Waals surface area contributed by atoms with Gasteiger partial charge in [0.05, 0.1) is 11.6 Å². The fourth-order valence-electron chi connectivity index (χ4n) is 4.32. The van der Waals surface area contributed by atoms with Crippen LogP contribution in [0.3, 0.4) is 0 Å². The second-order valence-corrected chi connectivity index (χ2v) is 10.6. The fourth-order valence-corrected chi connectivity index (χ4v) is 4.32. The molecule has 3 atom stereocenters. The van der Waals surface area contributed by atoms with E-state index < -0.39 is 29.9 Å². The van der Waals surface area contributed by atoms with Crippen LogP contribution in [0, 0.1) is 5.92 Å². The molecule has 0 bridgehead atoms. The molecule has 0 saturated carbocycles. The van der Waals surface area contributed by atoms with Gasteiger partial charge in [0.15, 0.2) is 0 Å². The Labute approximate surface area is 236 Å². The van der Waals surface area contributed by atoms with Crippen LogP contribution < -0.4 is 26.0 Å². The molecule has 4 amide bonds. The molecular weight excluding hydrogens is 510 g/mol. The fraction of sp³-hybridized carbons (Fsp3) is 0.467. The highest BCUT2D eigenvalue weighted by Gasteiger charge is 2.29. The summed E-state index contributed by atoms with van der Waals surface area (Å²) in [4.78, 5) is 55.0. The molecule has 0 aromatic heterocycles. The number of carbonyl (C=O) groups excluding carboxylic acids is 4. The zero-order valence-corrected chi connectivity index (χ0v) is 23.7. The third-order valence-electron chi connectivity index (χ3n) is 6.75. The van der Waals surface area contributed by atoms with Gasteiger partial charge in [-0.15, -0.1) is 0 Å². The maximum Gasteiger partial charge on any atom is 0.255 e. The monoisotopic (exact) mass is 551 g/mol. The molecule has 10 nitrogen and oxygen atoms in total. The maximum atomic E-state index is 13.5. The van der Waals surface area contributed by atoms with Crippen LogP contribution in [-0.2, 0) is 14.4 Å². The number of rotatable bonds is 7. The largest absolute Gasteiger partial charge is 0.491 e. The van der Waals surface area contributed by atoms with Gasteiger partial charge in [0.25, 0.3) is 5.91 Å². The Morgan fingerprint density at radius 2 is 1.70 bits per heavy atom. The van der Waals surface area contributed by atoms with E-state index in [1.807, 2.05) is 38.9 Å². The third-order valence-corrected chi connectivity index (χ3v) is 6.75. The number of nitrogens with one attached hydrogen (secondary N) is 4. The van der Waals surface area contributed by atoms with Crippen LogP contribution in [0.2, 0.25) is 0 Å². The van der Waals surface area contributed by atoms with Crippen molar-refractivity contribution in [2.75, 3.05) is 33.8 Å². The number of carbonyl (C=O) groups is 4. The summed E-state index contributed by atoms with van der Waals surface area (Å²) in [5.74, 6) is -1.28. The van der Waals surface area contributed by atoms with Gasteiger partial charge in [-0.05, 0) is 57.1 Å². The molecular formula is C30H41N5O5. The molecule has 2 aromatic rings. The molecule has 0 fully saturated rings. The molecule has 2 aromatic carbocycles. The standard InChI is InChI=1S/C30H41N5O5/c1-20(2)24-19-40-25-14-9-8-13-22(25)28(37)32-23(29(38)31-17-10-18-35(3)4)15-16-26(36)34-27(30(39)33-24)21-11-6-5-7-12-21/h5-9,11-14,20,23-24,27H,10,15-19H2,1-4H3,(H,31,38)(H,32,37)(H,33,39)(H,34,36)/t23-,24-,27-/m0/s1. The zero-order valence-electron chi connectivity index (χ0n) is 23.7. The van der Waals surface area contributed by atoms with Crippen molar-refractivity contribution in [2.45, 2.75) is 51.2 Å². The average molecular weight is 552 g/mol. The Morgan fingerprint density at radius 3 is 2.40 bits per heavy atom. The number of fused-ring (bicyclic) bond motifs is 1. The topological polar surface area (TPSA) is 129 Å². The summed E-state index contributed by atoms with van der Waals surface area (Å²) in [5, 5.41) is 11.5. The Balaban J connectivity index is 1.90. The van der Waals surface area contributed by atoms with Gasteiger partial charge in [0.2, 0.25) is 17.7 Å². The number of nitrogens with zero attached hydrogens (tertiary/aromatic N) is 1. The molecule has 1 aliphatic heterocycles. The third kappa shape index (κ3) is 9.08. The van der Waals surface area contributed by atoms with Crippen molar-refractivity contribution in [3.05, 3.63) is 65.7 Å². The minimum Gasteiger partial charge on any atom is -0.491 e. The van der Waals surface area contributed by atoms with Gasteiger partial charge in [-0.3, -0.25) is 19.2 Å². The molecule has 0 unspecified atom stereocenters. The Kier molecular flexibility index (Phi) is 11.5. The molecule has 0 radical (unpaired) electrons. The molecule has 216 valence electrons. The highest BCUT2D eigenvalue weighted by molar-refractivity contribution is 5.99. The van der Waals surface area contributed by atoms with Gasteiger partial charge < -0.3 is 30.9 Å². The van der Waals surface area contributed by atoms with E-state index >= 15 is 0 Å². The minimum atomic E-state index is -0.955. The normalized spacial score (nSPS) is 20.8. The van der Waals surface area contributed by atoms with E-state index in [0.717, 1.165) is 13.0 Å². The Hall–Kier alpha value is -3.92. The maximum absolute atomic E-state index is 13.5. The summed E-state index contributed by atoms with van der Waals surface area (Å²) in [5.41, 5.74) is 0.901. The van der Waals surface area contributed by atoms with E-state index in [4.69, 9.17) is 4.74 Å². The van der Waals surface area contributed by atoms with Crippen molar-refractivity contribution >= 4 is 23.6 Å². The SMILES string of the molecule is CC(C)[C@@H]1COc2ccccc2C(=O)N[C@H](C(=O)NCCCN(C)C)CCC(=O)N[C@@H](c2ccccc2)C(=O)N1. The number of para-hydroxylation sites is 1.